The minimum atomic E-state index is -0.765. The number of hydrogen-bond acceptors (Lipinski definition) is 3. The van der Waals surface area contributed by atoms with Gasteiger partial charge in [0.25, 0.3) is 0 Å². The Kier molecular flexibility index (Phi) is 4.27. The predicted octanol–water partition coefficient (Wildman–Crippen LogP) is 3.70. The Morgan fingerprint density at radius 1 is 1.05 bits per heavy atom. The van der Waals surface area contributed by atoms with Crippen molar-refractivity contribution in [3.63, 3.8) is 0 Å². The minimum Gasteiger partial charge on any atom is -0.292 e. The zero-order chi connectivity index (χ0) is 14.5. The Hall–Kier alpha value is -2.47. The molecule has 0 saturated carbocycles. The molecular weight excluding hydrogens is 248 g/mol. The lowest BCUT2D eigenvalue weighted by atomic mass is 9.90. The number of rotatable bonds is 4. The fourth-order valence-electron chi connectivity index (χ4n) is 2.04. The zero-order valence-electron chi connectivity index (χ0n) is 11.6. The number of nitrogens with zero attached hydrogens (tertiary/aromatic N) is 2. The zero-order valence-corrected chi connectivity index (χ0v) is 11.6. The lowest BCUT2D eigenvalue weighted by molar-refractivity contribution is 0.0979. The second kappa shape index (κ2) is 6.12. The molecule has 0 saturated heterocycles. The van der Waals surface area contributed by atoms with Crippen molar-refractivity contribution in [2.75, 3.05) is 0 Å². The molecule has 20 heavy (non-hydrogen) atoms. The summed E-state index contributed by atoms with van der Waals surface area (Å²) in [5.74, 6) is -0.522. The number of ketones is 1. The summed E-state index contributed by atoms with van der Waals surface area (Å²) < 4.78 is 0. The molecule has 0 fully saturated rings. The Balaban J connectivity index is 2.29. The molecule has 1 aromatic carbocycles. The van der Waals surface area contributed by atoms with Crippen LogP contribution in [0.2, 0.25) is 0 Å². The quantitative estimate of drug-likeness (QED) is 0.791. The maximum atomic E-state index is 12.3. The SMILES string of the molecule is CC(C)c1ccc(C(C#N)C(=O)c2ccncc2)cc1. The first-order valence-electron chi connectivity index (χ1n) is 6.57. The summed E-state index contributed by atoms with van der Waals surface area (Å²) in [6.07, 6.45) is 3.12. The summed E-state index contributed by atoms with van der Waals surface area (Å²) in [6, 6.07) is 13.0. The molecular formula is C17H16N2O. The van der Waals surface area contributed by atoms with Crippen molar-refractivity contribution in [1.82, 2.24) is 4.98 Å². The lowest BCUT2D eigenvalue weighted by Gasteiger charge is -2.11. The van der Waals surface area contributed by atoms with Crippen LogP contribution in [0.4, 0.5) is 0 Å². The summed E-state index contributed by atoms with van der Waals surface area (Å²) in [6.45, 7) is 4.22. The van der Waals surface area contributed by atoms with Crippen molar-refractivity contribution in [2.45, 2.75) is 25.7 Å². The Morgan fingerprint density at radius 2 is 1.60 bits per heavy atom. The van der Waals surface area contributed by atoms with Crippen molar-refractivity contribution in [2.24, 2.45) is 0 Å². The number of hydrogen-bond donors (Lipinski definition) is 0. The maximum absolute atomic E-state index is 12.3. The van der Waals surface area contributed by atoms with Gasteiger partial charge in [0.05, 0.1) is 6.07 Å². The van der Waals surface area contributed by atoms with Crippen LogP contribution in [-0.4, -0.2) is 10.8 Å². The molecule has 0 spiro atoms. The number of carbonyl (C=O) groups is 1. The van der Waals surface area contributed by atoms with E-state index >= 15 is 0 Å². The van der Waals surface area contributed by atoms with Crippen LogP contribution in [0, 0.1) is 11.3 Å². The standard InChI is InChI=1S/C17H16N2O/c1-12(2)13-3-5-14(6-4-13)16(11-18)17(20)15-7-9-19-10-8-15/h3-10,12,16H,1-2H3. The average molecular weight is 264 g/mol. The van der Waals surface area contributed by atoms with E-state index in [9.17, 15) is 10.1 Å². The highest BCUT2D eigenvalue weighted by molar-refractivity contribution is 6.02. The molecule has 0 bridgehead atoms. The second-order valence-corrected chi connectivity index (χ2v) is 4.98. The highest BCUT2D eigenvalue weighted by Crippen LogP contribution is 2.23. The highest BCUT2D eigenvalue weighted by atomic mass is 16.1. The minimum absolute atomic E-state index is 0.188. The number of Topliss-reactive ketones (excluding diaryl/α,β-unsaturated/α-hetero) is 1. The normalized spacial score (nSPS) is 11.9. The molecule has 2 aromatic rings. The lowest BCUT2D eigenvalue weighted by Crippen LogP contribution is -2.11. The van der Waals surface area contributed by atoms with E-state index in [4.69, 9.17) is 0 Å². The van der Waals surface area contributed by atoms with E-state index < -0.39 is 5.92 Å². The van der Waals surface area contributed by atoms with Gasteiger partial charge in [0, 0.05) is 18.0 Å². The molecule has 0 aliphatic heterocycles. The Labute approximate surface area is 118 Å². The van der Waals surface area contributed by atoms with Gasteiger partial charge in [0.15, 0.2) is 5.78 Å². The van der Waals surface area contributed by atoms with Crippen molar-refractivity contribution >= 4 is 5.78 Å². The van der Waals surface area contributed by atoms with Crippen LogP contribution >= 0.6 is 0 Å². The van der Waals surface area contributed by atoms with Crippen LogP contribution < -0.4 is 0 Å². The molecule has 100 valence electrons. The summed E-state index contributed by atoms with van der Waals surface area (Å²) in [5, 5.41) is 9.30. The first kappa shape index (κ1) is 14.0. The third-order valence-electron chi connectivity index (χ3n) is 3.29. The predicted molar refractivity (Wildman–Crippen MR) is 77.5 cm³/mol. The first-order chi connectivity index (χ1) is 9.63. The van der Waals surface area contributed by atoms with Crippen molar-refractivity contribution < 1.29 is 4.79 Å². The molecule has 0 aliphatic rings. The van der Waals surface area contributed by atoms with Crippen molar-refractivity contribution in [3.8, 4) is 6.07 Å². The molecule has 0 aliphatic carbocycles. The average Bonchev–Trinajstić information content (AvgIpc) is 2.49. The third-order valence-corrected chi connectivity index (χ3v) is 3.29. The molecule has 0 radical (unpaired) electrons. The van der Waals surface area contributed by atoms with Gasteiger partial charge < -0.3 is 0 Å². The number of carbonyl (C=O) groups excluding carboxylic acids is 1. The first-order valence-corrected chi connectivity index (χ1v) is 6.57. The van der Waals surface area contributed by atoms with E-state index in [0.717, 1.165) is 5.56 Å². The summed E-state index contributed by atoms with van der Waals surface area (Å²) in [5.41, 5.74) is 2.44. The molecule has 1 unspecified atom stereocenters. The smallest absolute Gasteiger partial charge is 0.184 e. The van der Waals surface area contributed by atoms with Crippen LogP contribution in [-0.2, 0) is 0 Å². The summed E-state index contributed by atoms with van der Waals surface area (Å²) >= 11 is 0. The van der Waals surface area contributed by atoms with Gasteiger partial charge in [-0.25, -0.2) is 0 Å². The summed E-state index contributed by atoms with van der Waals surface area (Å²) in [4.78, 5) is 16.2. The fraction of sp³-hybridized carbons (Fsp3) is 0.235. The fourth-order valence-corrected chi connectivity index (χ4v) is 2.04. The van der Waals surface area contributed by atoms with E-state index in [1.54, 1.807) is 24.5 Å². The number of nitriles is 1. The van der Waals surface area contributed by atoms with Crippen molar-refractivity contribution in [1.29, 1.82) is 5.26 Å². The van der Waals surface area contributed by atoms with Crippen molar-refractivity contribution in [3.05, 3.63) is 65.5 Å². The molecule has 1 atom stereocenters. The van der Waals surface area contributed by atoms with Crippen LogP contribution in [0.15, 0.2) is 48.8 Å². The van der Waals surface area contributed by atoms with E-state index in [1.807, 2.05) is 24.3 Å². The number of aromatic nitrogens is 1. The Morgan fingerprint density at radius 3 is 2.10 bits per heavy atom. The topological polar surface area (TPSA) is 53.8 Å². The van der Waals surface area contributed by atoms with Gasteiger partial charge in [-0.05, 0) is 29.2 Å². The van der Waals surface area contributed by atoms with Gasteiger partial charge in [-0.1, -0.05) is 38.1 Å². The molecule has 3 heteroatoms. The summed E-state index contributed by atoms with van der Waals surface area (Å²) in [7, 11) is 0. The second-order valence-electron chi connectivity index (χ2n) is 4.98. The van der Waals surface area contributed by atoms with Gasteiger partial charge in [-0.15, -0.1) is 0 Å². The van der Waals surface area contributed by atoms with Crippen LogP contribution in [0.3, 0.4) is 0 Å². The molecule has 1 heterocycles. The van der Waals surface area contributed by atoms with E-state index in [0.29, 0.717) is 11.5 Å². The van der Waals surface area contributed by atoms with E-state index in [2.05, 4.69) is 24.9 Å². The number of benzene rings is 1. The molecule has 0 amide bonds. The third kappa shape index (κ3) is 2.92. The van der Waals surface area contributed by atoms with E-state index in [-0.39, 0.29) is 5.78 Å². The van der Waals surface area contributed by atoms with Gasteiger partial charge in [-0.2, -0.15) is 5.26 Å². The largest absolute Gasteiger partial charge is 0.292 e. The van der Waals surface area contributed by atoms with Crippen LogP contribution in [0.5, 0.6) is 0 Å². The molecule has 3 nitrogen and oxygen atoms in total. The van der Waals surface area contributed by atoms with Crippen LogP contribution in [0.1, 0.15) is 47.2 Å². The van der Waals surface area contributed by atoms with Gasteiger partial charge in [0.1, 0.15) is 5.92 Å². The van der Waals surface area contributed by atoms with Crippen LogP contribution in [0.25, 0.3) is 0 Å². The van der Waals surface area contributed by atoms with Gasteiger partial charge >= 0.3 is 0 Å². The molecule has 0 N–H and O–H groups in total. The molecule has 2 rings (SSSR count). The molecule has 1 aromatic heterocycles. The van der Waals surface area contributed by atoms with E-state index in [1.165, 1.54) is 5.56 Å². The Bertz CT molecular complexity index is 624. The number of pyridine rings is 1. The maximum Gasteiger partial charge on any atom is 0.184 e. The highest BCUT2D eigenvalue weighted by Gasteiger charge is 2.21. The van der Waals surface area contributed by atoms with Gasteiger partial charge in [-0.3, -0.25) is 9.78 Å². The van der Waals surface area contributed by atoms with Gasteiger partial charge in [0.2, 0.25) is 0 Å². The monoisotopic (exact) mass is 264 g/mol.